The van der Waals surface area contributed by atoms with Crippen molar-refractivity contribution in [3.8, 4) is 0 Å². The molecule has 23 heavy (non-hydrogen) atoms. The lowest BCUT2D eigenvalue weighted by Gasteiger charge is -2.23. The van der Waals surface area contributed by atoms with E-state index < -0.39 is 5.97 Å². The van der Waals surface area contributed by atoms with Crippen LogP contribution < -0.4 is 10.2 Å². The Bertz CT molecular complexity index is 757. The molecule has 0 saturated carbocycles. The number of anilines is 2. The Morgan fingerprint density at radius 3 is 2.61 bits per heavy atom. The first kappa shape index (κ1) is 15.1. The Morgan fingerprint density at radius 1 is 1.13 bits per heavy atom. The molecule has 1 N–H and O–H groups in total. The summed E-state index contributed by atoms with van der Waals surface area (Å²) in [7, 11) is 1.32. The van der Waals surface area contributed by atoms with Gasteiger partial charge in [-0.15, -0.1) is 0 Å². The topological polar surface area (TPSA) is 58.6 Å². The lowest BCUT2D eigenvalue weighted by molar-refractivity contribution is 0.0602. The van der Waals surface area contributed by atoms with Gasteiger partial charge in [-0.25, -0.2) is 9.59 Å². The first-order valence-electron chi connectivity index (χ1n) is 7.47. The third-order valence-corrected chi connectivity index (χ3v) is 4.00. The smallest absolute Gasteiger partial charge is 0.339 e. The number of nitrogens with one attached hydrogen (secondary N) is 1. The number of para-hydroxylation sites is 2. The summed E-state index contributed by atoms with van der Waals surface area (Å²) in [6, 6.07) is 14.5. The lowest BCUT2D eigenvalue weighted by atomic mass is 10.1. The predicted octanol–water partition coefficient (Wildman–Crippen LogP) is 3.46. The third-order valence-electron chi connectivity index (χ3n) is 4.00. The van der Waals surface area contributed by atoms with Crippen LogP contribution in [-0.4, -0.2) is 25.2 Å². The standard InChI is InChI=1S/C18H18N2O3/c1-12-11-13-7-3-6-10-16(13)20(12)18(22)19-15-9-5-4-8-14(15)17(21)23-2/h3-10,12H,11H2,1-2H3,(H,19,22)/t12-/m1/s1. The molecule has 118 valence electrons. The summed E-state index contributed by atoms with van der Waals surface area (Å²) in [5, 5.41) is 2.83. The Balaban J connectivity index is 1.87. The zero-order valence-corrected chi connectivity index (χ0v) is 13.1. The van der Waals surface area contributed by atoms with E-state index in [-0.39, 0.29) is 12.1 Å². The first-order valence-corrected chi connectivity index (χ1v) is 7.47. The van der Waals surface area contributed by atoms with Gasteiger partial charge in [-0.05, 0) is 37.1 Å². The molecule has 0 fully saturated rings. The van der Waals surface area contributed by atoms with Crippen LogP contribution in [0.4, 0.5) is 16.2 Å². The molecule has 5 nitrogen and oxygen atoms in total. The Morgan fingerprint density at radius 2 is 1.83 bits per heavy atom. The van der Waals surface area contributed by atoms with Gasteiger partial charge in [0.25, 0.3) is 0 Å². The fraction of sp³-hybridized carbons (Fsp3) is 0.222. The van der Waals surface area contributed by atoms with Crippen LogP contribution in [0.25, 0.3) is 0 Å². The van der Waals surface area contributed by atoms with Crippen molar-refractivity contribution in [1.82, 2.24) is 0 Å². The summed E-state index contributed by atoms with van der Waals surface area (Å²) in [6.45, 7) is 2.01. The second-order valence-electron chi connectivity index (χ2n) is 5.52. The number of urea groups is 1. The molecule has 3 rings (SSSR count). The molecule has 5 heteroatoms. The molecule has 1 heterocycles. The molecule has 0 aliphatic carbocycles. The van der Waals surface area contributed by atoms with E-state index in [1.807, 2.05) is 31.2 Å². The van der Waals surface area contributed by atoms with E-state index in [2.05, 4.69) is 5.32 Å². The van der Waals surface area contributed by atoms with Gasteiger partial charge in [0.2, 0.25) is 0 Å². The number of fused-ring (bicyclic) bond motifs is 1. The minimum Gasteiger partial charge on any atom is -0.465 e. The van der Waals surface area contributed by atoms with Crippen molar-refractivity contribution in [3.63, 3.8) is 0 Å². The maximum atomic E-state index is 12.7. The molecule has 2 aromatic carbocycles. The van der Waals surface area contributed by atoms with Crippen molar-refractivity contribution in [2.75, 3.05) is 17.3 Å². The Kier molecular flexibility index (Phi) is 4.02. The van der Waals surface area contributed by atoms with Gasteiger partial charge < -0.3 is 10.1 Å². The molecule has 1 atom stereocenters. The van der Waals surface area contributed by atoms with Gasteiger partial charge in [-0.2, -0.15) is 0 Å². The summed E-state index contributed by atoms with van der Waals surface area (Å²) >= 11 is 0. The molecular formula is C18H18N2O3. The van der Waals surface area contributed by atoms with E-state index in [0.29, 0.717) is 11.3 Å². The average molecular weight is 310 g/mol. The van der Waals surface area contributed by atoms with Crippen molar-refractivity contribution in [2.45, 2.75) is 19.4 Å². The van der Waals surface area contributed by atoms with Crippen LogP contribution in [0.5, 0.6) is 0 Å². The normalized spacial score (nSPS) is 15.9. The molecule has 2 amide bonds. The highest BCUT2D eigenvalue weighted by Gasteiger charge is 2.31. The molecule has 0 bridgehead atoms. The van der Waals surface area contributed by atoms with Crippen LogP contribution in [0, 0.1) is 0 Å². The molecule has 2 aromatic rings. The number of benzene rings is 2. The number of carbonyl (C=O) groups is 2. The van der Waals surface area contributed by atoms with Crippen molar-refractivity contribution < 1.29 is 14.3 Å². The van der Waals surface area contributed by atoms with Crippen LogP contribution in [0.15, 0.2) is 48.5 Å². The highest BCUT2D eigenvalue weighted by atomic mass is 16.5. The van der Waals surface area contributed by atoms with Crippen molar-refractivity contribution in [3.05, 3.63) is 59.7 Å². The highest BCUT2D eigenvalue weighted by molar-refractivity contribution is 6.07. The quantitative estimate of drug-likeness (QED) is 0.864. The number of nitrogens with zero attached hydrogens (tertiary/aromatic N) is 1. The first-order chi connectivity index (χ1) is 11.1. The molecule has 1 aliphatic rings. The Hall–Kier alpha value is -2.82. The summed E-state index contributed by atoms with van der Waals surface area (Å²) in [6.07, 6.45) is 0.822. The minimum atomic E-state index is -0.476. The summed E-state index contributed by atoms with van der Waals surface area (Å²) in [5.41, 5.74) is 2.84. The van der Waals surface area contributed by atoms with Gasteiger partial charge in [0.05, 0.1) is 18.4 Å². The van der Waals surface area contributed by atoms with Crippen LogP contribution in [0.3, 0.4) is 0 Å². The lowest BCUT2D eigenvalue weighted by Crippen LogP contribution is -2.39. The number of hydrogen-bond acceptors (Lipinski definition) is 3. The van der Waals surface area contributed by atoms with E-state index in [4.69, 9.17) is 4.74 Å². The SMILES string of the molecule is COC(=O)c1ccccc1NC(=O)N1c2ccccc2C[C@H]1C. The van der Waals surface area contributed by atoms with Gasteiger partial charge in [-0.3, -0.25) is 4.90 Å². The van der Waals surface area contributed by atoms with Gasteiger partial charge >= 0.3 is 12.0 Å². The van der Waals surface area contributed by atoms with E-state index in [0.717, 1.165) is 17.7 Å². The van der Waals surface area contributed by atoms with Gasteiger partial charge in [0, 0.05) is 11.7 Å². The summed E-state index contributed by atoms with van der Waals surface area (Å²) in [5.74, 6) is -0.476. The monoisotopic (exact) mass is 310 g/mol. The number of hydrogen-bond donors (Lipinski definition) is 1. The van der Waals surface area contributed by atoms with Crippen LogP contribution in [-0.2, 0) is 11.2 Å². The molecule has 1 aliphatic heterocycles. The van der Waals surface area contributed by atoms with Gasteiger partial charge in [0.1, 0.15) is 0 Å². The number of esters is 1. The molecule has 0 aromatic heterocycles. The largest absolute Gasteiger partial charge is 0.465 e. The zero-order chi connectivity index (χ0) is 16.4. The highest BCUT2D eigenvalue weighted by Crippen LogP contribution is 2.32. The number of amides is 2. The second kappa shape index (κ2) is 6.12. The van der Waals surface area contributed by atoms with E-state index in [9.17, 15) is 9.59 Å². The maximum absolute atomic E-state index is 12.7. The number of rotatable bonds is 2. The van der Waals surface area contributed by atoms with Crippen LogP contribution in [0.2, 0.25) is 0 Å². The van der Waals surface area contributed by atoms with Crippen molar-refractivity contribution in [1.29, 1.82) is 0 Å². The van der Waals surface area contributed by atoms with Crippen molar-refractivity contribution in [2.24, 2.45) is 0 Å². The number of ether oxygens (including phenoxy) is 1. The fourth-order valence-corrected chi connectivity index (χ4v) is 2.93. The van der Waals surface area contributed by atoms with Crippen molar-refractivity contribution >= 4 is 23.4 Å². The Labute approximate surface area is 134 Å². The molecule has 0 unspecified atom stereocenters. The summed E-state index contributed by atoms with van der Waals surface area (Å²) < 4.78 is 4.76. The zero-order valence-electron chi connectivity index (χ0n) is 13.1. The fourth-order valence-electron chi connectivity index (χ4n) is 2.93. The molecule has 0 saturated heterocycles. The van der Waals surface area contributed by atoms with Gasteiger partial charge in [-0.1, -0.05) is 30.3 Å². The van der Waals surface area contributed by atoms with E-state index in [1.54, 1.807) is 29.2 Å². The number of methoxy groups -OCH3 is 1. The van der Waals surface area contributed by atoms with Gasteiger partial charge in [0.15, 0.2) is 0 Å². The van der Waals surface area contributed by atoms with Crippen LogP contribution in [0.1, 0.15) is 22.8 Å². The predicted molar refractivity (Wildman–Crippen MR) is 88.9 cm³/mol. The third kappa shape index (κ3) is 2.77. The molecular weight excluding hydrogens is 292 g/mol. The second-order valence-corrected chi connectivity index (χ2v) is 5.52. The van der Waals surface area contributed by atoms with E-state index >= 15 is 0 Å². The maximum Gasteiger partial charge on any atom is 0.339 e. The number of carbonyl (C=O) groups excluding carboxylic acids is 2. The average Bonchev–Trinajstić information content (AvgIpc) is 2.90. The van der Waals surface area contributed by atoms with E-state index in [1.165, 1.54) is 7.11 Å². The molecule has 0 radical (unpaired) electrons. The summed E-state index contributed by atoms with van der Waals surface area (Å²) in [4.78, 5) is 26.3. The minimum absolute atomic E-state index is 0.0673. The van der Waals surface area contributed by atoms with Crippen LogP contribution >= 0.6 is 0 Å². The molecule has 0 spiro atoms.